The van der Waals surface area contributed by atoms with Gasteiger partial charge in [0.25, 0.3) is 5.91 Å². The lowest BCUT2D eigenvalue weighted by atomic mass is 9.88. The van der Waals surface area contributed by atoms with E-state index in [-0.39, 0.29) is 11.9 Å². The first-order chi connectivity index (χ1) is 13.6. The van der Waals surface area contributed by atoms with E-state index in [1.165, 1.54) is 44.2 Å². The number of nitrogens with one attached hydrogen (secondary N) is 1. The number of carbonyl (C=O) groups is 1. The number of amides is 1. The van der Waals surface area contributed by atoms with Crippen molar-refractivity contribution in [2.45, 2.75) is 64.8 Å². The Balaban J connectivity index is 1.34. The van der Waals surface area contributed by atoms with Gasteiger partial charge in [0.2, 0.25) is 0 Å². The molecule has 1 aromatic carbocycles. The summed E-state index contributed by atoms with van der Waals surface area (Å²) in [6.07, 6.45) is 9.17. The van der Waals surface area contributed by atoms with Crippen LogP contribution in [0.5, 0.6) is 0 Å². The van der Waals surface area contributed by atoms with Crippen LogP contribution >= 0.6 is 0 Å². The first-order valence-corrected chi connectivity index (χ1v) is 11.0. The zero-order chi connectivity index (χ0) is 19.5. The van der Waals surface area contributed by atoms with Gasteiger partial charge in [-0.05, 0) is 63.6 Å². The Morgan fingerprint density at radius 3 is 2.57 bits per heavy atom. The van der Waals surface area contributed by atoms with Crippen LogP contribution in [0.1, 0.15) is 66.6 Å². The van der Waals surface area contributed by atoms with E-state index in [1.54, 1.807) is 0 Å². The summed E-state index contributed by atoms with van der Waals surface area (Å²) in [4.78, 5) is 20.2. The third-order valence-electron chi connectivity index (χ3n) is 6.57. The summed E-state index contributed by atoms with van der Waals surface area (Å²) in [7, 11) is 0. The van der Waals surface area contributed by atoms with Crippen molar-refractivity contribution >= 4 is 16.8 Å². The number of benzene rings is 1. The average molecular weight is 380 g/mol. The molecule has 1 N–H and O–H groups in total. The van der Waals surface area contributed by atoms with E-state index in [9.17, 15) is 4.79 Å². The zero-order valence-electron chi connectivity index (χ0n) is 17.3. The third kappa shape index (κ3) is 4.54. The maximum absolute atomic E-state index is 12.9. The minimum absolute atomic E-state index is 0.0270. The molecule has 1 amide bonds. The molecule has 4 heteroatoms. The molecule has 1 saturated heterocycles. The predicted molar refractivity (Wildman–Crippen MR) is 115 cm³/mol. The van der Waals surface area contributed by atoms with Crippen molar-refractivity contribution in [1.82, 2.24) is 15.2 Å². The second-order valence-corrected chi connectivity index (χ2v) is 8.87. The van der Waals surface area contributed by atoms with Crippen molar-refractivity contribution in [3.05, 3.63) is 41.1 Å². The number of rotatable bonds is 4. The highest BCUT2D eigenvalue weighted by molar-refractivity contribution is 5.98. The number of aryl methyl sites for hydroxylation is 2. The summed E-state index contributed by atoms with van der Waals surface area (Å²) in [5.41, 5.74) is 3.66. The highest BCUT2D eigenvalue weighted by atomic mass is 16.1. The van der Waals surface area contributed by atoms with Gasteiger partial charge in [-0.15, -0.1) is 0 Å². The molecule has 0 unspecified atom stereocenters. The number of fused-ring (bicyclic) bond motifs is 1. The van der Waals surface area contributed by atoms with Gasteiger partial charge in [0, 0.05) is 31.1 Å². The second-order valence-electron chi connectivity index (χ2n) is 8.87. The predicted octanol–water partition coefficient (Wildman–Crippen LogP) is 4.63. The van der Waals surface area contributed by atoms with Crippen molar-refractivity contribution < 1.29 is 4.79 Å². The van der Waals surface area contributed by atoms with Gasteiger partial charge < -0.3 is 10.2 Å². The molecular weight excluding hydrogens is 346 g/mol. The van der Waals surface area contributed by atoms with Crippen molar-refractivity contribution in [1.29, 1.82) is 0 Å². The highest BCUT2D eigenvalue weighted by Crippen LogP contribution is 2.25. The van der Waals surface area contributed by atoms with Gasteiger partial charge in [-0.3, -0.25) is 9.78 Å². The van der Waals surface area contributed by atoms with Gasteiger partial charge in [-0.1, -0.05) is 30.9 Å². The number of likely N-dealkylation sites (tertiary alicyclic amines) is 1. The van der Waals surface area contributed by atoms with E-state index in [4.69, 9.17) is 0 Å². The van der Waals surface area contributed by atoms with Crippen LogP contribution in [0.3, 0.4) is 0 Å². The fraction of sp³-hybridized carbons (Fsp3) is 0.583. The van der Waals surface area contributed by atoms with E-state index in [0.29, 0.717) is 5.56 Å². The number of hydrogen-bond donors (Lipinski definition) is 1. The van der Waals surface area contributed by atoms with Crippen molar-refractivity contribution in [3.63, 3.8) is 0 Å². The standard InChI is InChI=1S/C24H33N3O/c1-17-8-9-23-20(14-17)15-22(18(2)25-23)24(28)26-21-10-12-27(13-11-21)16-19-6-4-3-5-7-19/h8-9,14-15,19,21H,3-7,10-13,16H2,1-2H3,(H,26,28). The van der Waals surface area contributed by atoms with Gasteiger partial charge >= 0.3 is 0 Å². The fourth-order valence-corrected chi connectivity index (χ4v) is 4.88. The quantitative estimate of drug-likeness (QED) is 0.843. The molecular formula is C24H33N3O. The molecule has 0 radical (unpaired) electrons. The number of pyridine rings is 1. The Kier molecular flexibility index (Phi) is 5.96. The molecule has 0 bridgehead atoms. The molecule has 4 nitrogen and oxygen atoms in total. The van der Waals surface area contributed by atoms with Gasteiger partial charge in [0.05, 0.1) is 16.8 Å². The first-order valence-electron chi connectivity index (χ1n) is 11.0. The Hall–Kier alpha value is -1.94. The van der Waals surface area contributed by atoms with Crippen molar-refractivity contribution in [3.8, 4) is 0 Å². The Labute approximate surface area is 168 Å². The normalized spacial score (nSPS) is 19.8. The van der Waals surface area contributed by atoms with E-state index < -0.39 is 0 Å². The van der Waals surface area contributed by atoms with Crippen LogP contribution in [0.4, 0.5) is 0 Å². The minimum Gasteiger partial charge on any atom is -0.349 e. The van der Waals surface area contributed by atoms with E-state index in [1.807, 2.05) is 19.1 Å². The number of nitrogens with zero attached hydrogens (tertiary/aromatic N) is 2. The molecule has 1 aromatic heterocycles. The van der Waals surface area contributed by atoms with Gasteiger partial charge in [-0.25, -0.2) is 0 Å². The highest BCUT2D eigenvalue weighted by Gasteiger charge is 2.24. The SMILES string of the molecule is Cc1ccc2nc(C)c(C(=O)NC3CCN(CC4CCCCC4)CC3)cc2c1. The lowest BCUT2D eigenvalue weighted by Crippen LogP contribution is -2.46. The lowest BCUT2D eigenvalue weighted by molar-refractivity contribution is 0.0900. The molecule has 0 atom stereocenters. The molecule has 2 aliphatic rings. The minimum atomic E-state index is 0.0270. The maximum Gasteiger partial charge on any atom is 0.253 e. The largest absolute Gasteiger partial charge is 0.349 e. The number of carbonyl (C=O) groups excluding carboxylic acids is 1. The van der Waals surface area contributed by atoms with Crippen LogP contribution in [0.2, 0.25) is 0 Å². The van der Waals surface area contributed by atoms with Gasteiger partial charge in [0.1, 0.15) is 0 Å². The van der Waals surface area contributed by atoms with Gasteiger partial charge in [-0.2, -0.15) is 0 Å². The molecule has 2 aromatic rings. The Bertz CT molecular complexity index is 833. The van der Waals surface area contributed by atoms with Crippen LogP contribution in [-0.4, -0.2) is 41.5 Å². The van der Waals surface area contributed by atoms with E-state index in [2.05, 4.69) is 34.3 Å². The second kappa shape index (κ2) is 8.60. The van der Waals surface area contributed by atoms with Gasteiger partial charge in [0.15, 0.2) is 0 Å². The maximum atomic E-state index is 12.9. The molecule has 150 valence electrons. The summed E-state index contributed by atoms with van der Waals surface area (Å²) in [5, 5.41) is 4.31. The summed E-state index contributed by atoms with van der Waals surface area (Å²) >= 11 is 0. The Morgan fingerprint density at radius 1 is 1.07 bits per heavy atom. The monoisotopic (exact) mass is 379 g/mol. The van der Waals surface area contributed by atoms with Crippen LogP contribution in [0.15, 0.2) is 24.3 Å². The number of piperidine rings is 1. The molecule has 2 fully saturated rings. The molecule has 0 spiro atoms. The zero-order valence-corrected chi connectivity index (χ0v) is 17.3. The summed E-state index contributed by atoms with van der Waals surface area (Å²) in [5.74, 6) is 0.925. The molecule has 4 rings (SSSR count). The topological polar surface area (TPSA) is 45.2 Å². The summed E-state index contributed by atoms with van der Waals surface area (Å²) in [6.45, 7) is 7.47. The third-order valence-corrected chi connectivity index (χ3v) is 6.57. The summed E-state index contributed by atoms with van der Waals surface area (Å²) < 4.78 is 0. The molecule has 1 aliphatic heterocycles. The van der Waals surface area contributed by atoms with Crippen molar-refractivity contribution in [2.75, 3.05) is 19.6 Å². The fourth-order valence-electron chi connectivity index (χ4n) is 4.88. The molecule has 1 aliphatic carbocycles. The number of hydrogen-bond acceptors (Lipinski definition) is 3. The smallest absolute Gasteiger partial charge is 0.253 e. The lowest BCUT2D eigenvalue weighted by Gasteiger charge is -2.35. The summed E-state index contributed by atoms with van der Waals surface area (Å²) in [6, 6.07) is 8.47. The molecule has 28 heavy (non-hydrogen) atoms. The Morgan fingerprint density at radius 2 is 1.82 bits per heavy atom. The van der Waals surface area contributed by atoms with Crippen LogP contribution in [0.25, 0.3) is 10.9 Å². The van der Waals surface area contributed by atoms with Crippen LogP contribution < -0.4 is 5.32 Å². The number of aromatic nitrogens is 1. The van der Waals surface area contributed by atoms with Crippen molar-refractivity contribution in [2.24, 2.45) is 5.92 Å². The van der Waals surface area contributed by atoms with Crippen LogP contribution in [-0.2, 0) is 0 Å². The van der Waals surface area contributed by atoms with E-state index in [0.717, 1.165) is 48.4 Å². The molecule has 2 heterocycles. The van der Waals surface area contributed by atoms with Crippen LogP contribution in [0, 0.1) is 19.8 Å². The first kappa shape index (κ1) is 19.4. The average Bonchev–Trinajstić information content (AvgIpc) is 2.70. The molecule has 1 saturated carbocycles. The van der Waals surface area contributed by atoms with E-state index >= 15 is 0 Å².